The van der Waals surface area contributed by atoms with Gasteiger partial charge in [0.2, 0.25) is 0 Å². The number of urea groups is 1. The quantitative estimate of drug-likeness (QED) is 0.761. The van der Waals surface area contributed by atoms with E-state index in [1.54, 1.807) is 31.4 Å². The Hall–Kier alpha value is -1.45. The van der Waals surface area contributed by atoms with Crippen molar-refractivity contribution >= 4 is 33.3 Å². The monoisotopic (exact) mass is 343 g/mol. The maximum Gasteiger partial charge on any atom is 0.327 e. The van der Waals surface area contributed by atoms with Gasteiger partial charge >= 0.3 is 6.03 Å². The van der Waals surface area contributed by atoms with Gasteiger partial charge in [0.15, 0.2) is 0 Å². The third kappa shape index (κ3) is 2.24. The zero-order chi connectivity index (χ0) is 16.1. The number of sulfonamides is 1. The number of carbonyl (C=O) groups excluding carboxylic acids is 2. The maximum absolute atomic E-state index is 12.5. The number of imide groups is 1. The lowest BCUT2D eigenvalue weighted by molar-refractivity contribution is -0.130. The van der Waals surface area contributed by atoms with Crippen LogP contribution in [0.4, 0.5) is 4.79 Å². The lowest BCUT2D eigenvalue weighted by Crippen LogP contribution is -2.54. The second-order valence-electron chi connectivity index (χ2n) is 5.59. The molecule has 3 rings (SSSR count). The van der Waals surface area contributed by atoms with Crippen molar-refractivity contribution < 1.29 is 18.0 Å². The van der Waals surface area contributed by atoms with Gasteiger partial charge in [0.05, 0.1) is 0 Å². The highest BCUT2D eigenvalue weighted by atomic mass is 32.2. The van der Waals surface area contributed by atoms with Gasteiger partial charge in [0, 0.05) is 25.7 Å². The van der Waals surface area contributed by atoms with E-state index in [-0.39, 0.29) is 41.8 Å². The number of piperazine rings is 1. The van der Waals surface area contributed by atoms with Crippen LogP contribution in [0, 0.1) is 0 Å². The van der Waals surface area contributed by atoms with Gasteiger partial charge in [-0.2, -0.15) is 4.31 Å². The predicted octanol–water partition coefficient (Wildman–Crippen LogP) is 0.794. The first-order valence-corrected chi connectivity index (χ1v) is 9.33. The van der Waals surface area contributed by atoms with Crippen LogP contribution in [0.1, 0.15) is 13.8 Å². The van der Waals surface area contributed by atoms with Crippen molar-refractivity contribution in [3.8, 4) is 0 Å². The summed E-state index contributed by atoms with van der Waals surface area (Å²) >= 11 is 1.15. The van der Waals surface area contributed by atoms with Crippen molar-refractivity contribution in [3.63, 3.8) is 0 Å². The Labute approximate surface area is 133 Å². The van der Waals surface area contributed by atoms with E-state index >= 15 is 0 Å². The molecule has 1 atom stereocenters. The molecule has 0 radical (unpaired) electrons. The number of hydrogen-bond donors (Lipinski definition) is 0. The van der Waals surface area contributed by atoms with Gasteiger partial charge in [-0.1, -0.05) is 6.07 Å². The molecule has 3 amide bonds. The first-order valence-electron chi connectivity index (χ1n) is 7.01. The molecular formula is C13H17N3O4S2. The van der Waals surface area contributed by atoms with E-state index < -0.39 is 16.1 Å². The molecule has 0 bridgehead atoms. The molecule has 7 nitrogen and oxygen atoms in total. The van der Waals surface area contributed by atoms with Crippen LogP contribution in [-0.2, 0) is 14.8 Å². The number of rotatable bonds is 3. The molecule has 0 saturated carbocycles. The molecule has 22 heavy (non-hydrogen) atoms. The summed E-state index contributed by atoms with van der Waals surface area (Å²) < 4.78 is 26.7. The summed E-state index contributed by atoms with van der Waals surface area (Å²) in [7, 11) is -3.59. The van der Waals surface area contributed by atoms with Gasteiger partial charge in [0.25, 0.3) is 15.9 Å². The molecule has 2 fully saturated rings. The number of thiophene rings is 1. The Kier molecular flexibility index (Phi) is 3.74. The topological polar surface area (TPSA) is 78.0 Å². The highest BCUT2D eigenvalue weighted by Crippen LogP contribution is 2.28. The van der Waals surface area contributed by atoms with Gasteiger partial charge in [-0.05, 0) is 25.3 Å². The van der Waals surface area contributed by atoms with Crippen molar-refractivity contribution in [2.75, 3.05) is 19.6 Å². The summed E-state index contributed by atoms with van der Waals surface area (Å²) in [5.74, 6) is -0.314. The van der Waals surface area contributed by atoms with Crippen LogP contribution >= 0.6 is 11.3 Å². The largest absolute Gasteiger partial charge is 0.327 e. The summed E-state index contributed by atoms with van der Waals surface area (Å²) in [6.45, 7) is 4.02. The van der Waals surface area contributed by atoms with E-state index in [2.05, 4.69) is 0 Å². The van der Waals surface area contributed by atoms with Crippen molar-refractivity contribution in [1.29, 1.82) is 0 Å². The van der Waals surface area contributed by atoms with Crippen LogP contribution in [0.3, 0.4) is 0 Å². The molecule has 2 saturated heterocycles. The fraction of sp³-hybridized carbons (Fsp3) is 0.538. The molecule has 0 unspecified atom stereocenters. The van der Waals surface area contributed by atoms with Crippen LogP contribution in [0.15, 0.2) is 21.7 Å². The van der Waals surface area contributed by atoms with Gasteiger partial charge in [0.1, 0.15) is 10.3 Å². The zero-order valence-electron chi connectivity index (χ0n) is 12.3. The highest BCUT2D eigenvalue weighted by Gasteiger charge is 2.50. The van der Waals surface area contributed by atoms with Crippen molar-refractivity contribution in [2.45, 2.75) is 30.1 Å². The first kappa shape index (κ1) is 15.4. The minimum atomic E-state index is -3.59. The summed E-state index contributed by atoms with van der Waals surface area (Å²) in [5.41, 5.74) is 0. The Balaban J connectivity index is 1.86. The van der Waals surface area contributed by atoms with E-state index in [0.29, 0.717) is 0 Å². The molecule has 0 spiro atoms. The fourth-order valence-corrected chi connectivity index (χ4v) is 5.40. The van der Waals surface area contributed by atoms with E-state index in [9.17, 15) is 18.0 Å². The summed E-state index contributed by atoms with van der Waals surface area (Å²) in [4.78, 5) is 27.3. The van der Waals surface area contributed by atoms with Crippen molar-refractivity contribution in [1.82, 2.24) is 14.1 Å². The SMILES string of the molecule is CC(C)N1C(=O)[C@H]2CN(S(=O)(=O)c3cccs3)CCN2C1=O. The van der Waals surface area contributed by atoms with Crippen LogP contribution in [0.25, 0.3) is 0 Å². The Morgan fingerprint density at radius 2 is 2.00 bits per heavy atom. The maximum atomic E-state index is 12.5. The lowest BCUT2D eigenvalue weighted by atomic mass is 10.2. The average molecular weight is 343 g/mol. The van der Waals surface area contributed by atoms with Crippen molar-refractivity contribution in [2.24, 2.45) is 0 Å². The third-order valence-electron chi connectivity index (χ3n) is 3.92. The van der Waals surface area contributed by atoms with Crippen molar-refractivity contribution in [3.05, 3.63) is 17.5 Å². The smallest absolute Gasteiger partial charge is 0.310 e. The van der Waals surface area contributed by atoms with E-state index in [0.717, 1.165) is 11.3 Å². The minimum Gasteiger partial charge on any atom is -0.310 e. The van der Waals surface area contributed by atoms with E-state index in [1.165, 1.54) is 14.1 Å². The average Bonchev–Trinajstić information content (AvgIpc) is 3.07. The Morgan fingerprint density at radius 1 is 1.27 bits per heavy atom. The van der Waals surface area contributed by atoms with Gasteiger partial charge < -0.3 is 4.90 Å². The Morgan fingerprint density at radius 3 is 2.59 bits per heavy atom. The van der Waals surface area contributed by atoms with E-state index in [1.807, 2.05) is 0 Å². The second-order valence-corrected chi connectivity index (χ2v) is 8.70. The Bertz CT molecular complexity index is 699. The van der Waals surface area contributed by atoms with Crippen LogP contribution in [0.2, 0.25) is 0 Å². The van der Waals surface area contributed by atoms with Gasteiger partial charge in [-0.15, -0.1) is 11.3 Å². The van der Waals surface area contributed by atoms with Gasteiger partial charge in [-0.3, -0.25) is 9.69 Å². The number of fused-ring (bicyclic) bond motifs is 1. The molecule has 0 N–H and O–H groups in total. The van der Waals surface area contributed by atoms with E-state index in [4.69, 9.17) is 0 Å². The molecule has 0 aliphatic carbocycles. The molecule has 120 valence electrons. The predicted molar refractivity (Wildman–Crippen MR) is 80.9 cm³/mol. The summed E-state index contributed by atoms with van der Waals surface area (Å²) in [5, 5.41) is 1.70. The lowest BCUT2D eigenvalue weighted by Gasteiger charge is -2.34. The number of amides is 3. The van der Waals surface area contributed by atoms with Crippen LogP contribution < -0.4 is 0 Å². The van der Waals surface area contributed by atoms with Crippen LogP contribution in [-0.4, -0.2) is 66.2 Å². The third-order valence-corrected chi connectivity index (χ3v) is 7.16. The molecule has 9 heteroatoms. The molecule has 0 aromatic carbocycles. The standard InChI is InChI=1S/C13H17N3O4S2/c1-9(2)16-12(17)10-8-14(5-6-15(10)13(16)18)22(19,20)11-4-3-7-21-11/h3-4,7,9-10H,5-6,8H2,1-2H3/t10-/m1/s1. The minimum absolute atomic E-state index is 0.0219. The normalized spacial score (nSPS) is 23.5. The molecular weight excluding hydrogens is 326 g/mol. The molecule has 2 aliphatic rings. The summed E-state index contributed by atoms with van der Waals surface area (Å²) in [6.07, 6.45) is 0. The second kappa shape index (κ2) is 5.32. The zero-order valence-corrected chi connectivity index (χ0v) is 13.9. The molecule has 2 aliphatic heterocycles. The van der Waals surface area contributed by atoms with Crippen LogP contribution in [0.5, 0.6) is 0 Å². The number of hydrogen-bond acceptors (Lipinski definition) is 5. The first-order chi connectivity index (χ1) is 10.3. The number of nitrogens with zero attached hydrogens (tertiary/aromatic N) is 3. The number of carbonyl (C=O) groups is 2. The molecule has 1 aromatic rings. The van der Waals surface area contributed by atoms with Gasteiger partial charge in [-0.25, -0.2) is 13.2 Å². The molecule has 1 aromatic heterocycles. The summed E-state index contributed by atoms with van der Waals surface area (Å²) in [6, 6.07) is 1.97. The fourth-order valence-electron chi connectivity index (χ4n) is 2.82. The molecule has 3 heterocycles. The highest BCUT2D eigenvalue weighted by molar-refractivity contribution is 7.91.